The van der Waals surface area contributed by atoms with Crippen molar-refractivity contribution in [3.8, 4) is 11.3 Å². The Labute approximate surface area is 159 Å². The van der Waals surface area contributed by atoms with Gasteiger partial charge in [-0.25, -0.2) is 0 Å². The predicted octanol–water partition coefficient (Wildman–Crippen LogP) is 2.11. The zero-order valence-corrected chi connectivity index (χ0v) is 14.9. The summed E-state index contributed by atoms with van der Waals surface area (Å²) < 4.78 is 0. The molecule has 2 aromatic heterocycles. The second kappa shape index (κ2) is 7.31. The Morgan fingerprint density at radius 2 is 1.93 bits per heavy atom. The second-order valence-electron chi connectivity index (χ2n) is 6.24. The SMILES string of the molecule is CC(NC(=O)c1n[nH]c2ccccc12)C(=O)Nc1cccc(-c2cn[nH]n2)c1. The number of rotatable bonds is 5. The van der Waals surface area contributed by atoms with Crippen molar-refractivity contribution >= 4 is 28.4 Å². The van der Waals surface area contributed by atoms with Gasteiger partial charge in [0.15, 0.2) is 5.69 Å². The van der Waals surface area contributed by atoms with E-state index in [1.807, 2.05) is 24.3 Å². The van der Waals surface area contributed by atoms with E-state index in [0.717, 1.165) is 11.1 Å². The highest BCUT2D eigenvalue weighted by Crippen LogP contribution is 2.20. The van der Waals surface area contributed by atoms with E-state index in [9.17, 15) is 9.59 Å². The predicted molar refractivity (Wildman–Crippen MR) is 103 cm³/mol. The van der Waals surface area contributed by atoms with Crippen molar-refractivity contribution in [3.63, 3.8) is 0 Å². The van der Waals surface area contributed by atoms with E-state index in [2.05, 4.69) is 36.2 Å². The third-order valence-electron chi connectivity index (χ3n) is 4.27. The van der Waals surface area contributed by atoms with Crippen molar-refractivity contribution in [1.82, 2.24) is 30.9 Å². The van der Waals surface area contributed by atoms with Gasteiger partial charge in [-0.2, -0.15) is 20.5 Å². The van der Waals surface area contributed by atoms with Crippen LogP contribution in [-0.4, -0.2) is 43.5 Å². The molecule has 9 heteroatoms. The van der Waals surface area contributed by atoms with Gasteiger partial charge in [0.25, 0.3) is 5.91 Å². The number of nitrogens with one attached hydrogen (secondary N) is 4. The van der Waals surface area contributed by atoms with Crippen molar-refractivity contribution in [2.24, 2.45) is 0 Å². The van der Waals surface area contributed by atoms with Crippen LogP contribution in [0.15, 0.2) is 54.7 Å². The molecule has 0 aliphatic rings. The van der Waals surface area contributed by atoms with E-state index in [-0.39, 0.29) is 11.6 Å². The van der Waals surface area contributed by atoms with Crippen molar-refractivity contribution in [3.05, 3.63) is 60.4 Å². The maximum Gasteiger partial charge on any atom is 0.273 e. The molecule has 2 aromatic carbocycles. The van der Waals surface area contributed by atoms with E-state index in [1.54, 1.807) is 37.4 Å². The van der Waals surface area contributed by atoms with Crippen molar-refractivity contribution in [1.29, 1.82) is 0 Å². The number of carbonyl (C=O) groups excluding carboxylic acids is 2. The third kappa shape index (κ3) is 3.45. The van der Waals surface area contributed by atoms with Crippen LogP contribution in [0.2, 0.25) is 0 Å². The summed E-state index contributed by atoms with van der Waals surface area (Å²) in [6.45, 7) is 1.61. The monoisotopic (exact) mass is 375 g/mol. The van der Waals surface area contributed by atoms with Gasteiger partial charge in [-0.1, -0.05) is 30.3 Å². The van der Waals surface area contributed by atoms with Gasteiger partial charge >= 0.3 is 0 Å². The largest absolute Gasteiger partial charge is 0.339 e. The molecule has 0 aliphatic carbocycles. The number of amides is 2. The van der Waals surface area contributed by atoms with Gasteiger partial charge in [-0.05, 0) is 25.1 Å². The van der Waals surface area contributed by atoms with Crippen LogP contribution >= 0.6 is 0 Å². The van der Waals surface area contributed by atoms with Gasteiger partial charge < -0.3 is 10.6 Å². The van der Waals surface area contributed by atoms with Crippen LogP contribution in [0, 0.1) is 0 Å². The molecular weight excluding hydrogens is 358 g/mol. The number of anilines is 1. The fourth-order valence-electron chi connectivity index (χ4n) is 2.81. The summed E-state index contributed by atoms with van der Waals surface area (Å²) in [4.78, 5) is 25.0. The van der Waals surface area contributed by atoms with E-state index in [0.29, 0.717) is 16.8 Å². The number of fused-ring (bicyclic) bond motifs is 1. The van der Waals surface area contributed by atoms with Crippen LogP contribution in [0.4, 0.5) is 5.69 Å². The number of H-pyrrole nitrogens is 2. The van der Waals surface area contributed by atoms with Gasteiger partial charge in [-0.3, -0.25) is 14.7 Å². The van der Waals surface area contributed by atoms with Gasteiger partial charge in [-0.15, -0.1) is 0 Å². The van der Waals surface area contributed by atoms with Crippen LogP contribution in [0.5, 0.6) is 0 Å². The maximum absolute atomic E-state index is 12.5. The summed E-state index contributed by atoms with van der Waals surface area (Å²) in [5.41, 5.74) is 3.09. The Morgan fingerprint density at radius 3 is 2.75 bits per heavy atom. The highest BCUT2D eigenvalue weighted by Gasteiger charge is 2.20. The average Bonchev–Trinajstić information content (AvgIpc) is 3.38. The first kappa shape index (κ1) is 17.4. The molecule has 0 saturated carbocycles. The molecule has 0 saturated heterocycles. The average molecular weight is 375 g/mol. The molecular formula is C19H17N7O2. The lowest BCUT2D eigenvalue weighted by molar-refractivity contribution is -0.117. The quantitative estimate of drug-likeness (QED) is 0.425. The maximum atomic E-state index is 12.5. The Hall–Kier alpha value is -4.01. The number of para-hydroxylation sites is 1. The van der Waals surface area contributed by atoms with Crippen LogP contribution in [0.3, 0.4) is 0 Å². The molecule has 0 bridgehead atoms. The minimum Gasteiger partial charge on any atom is -0.339 e. The van der Waals surface area contributed by atoms with Crippen molar-refractivity contribution in [2.75, 3.05) is 5.32 Å². The minimum atomic E-state index is -0.751. The van der Waals surface area contributed by atoms with E-state index in [4.69, 9.17) is 0 Å². The summed E-state index contributed by atoms with van der Waals surface area (Å²) in [5, 5.41) is 23.4. The molecule has 1 unspecified atom stereocenters. The van der Waals surface area contributed by atoms with Crippen molar-refractivity contribution in [2.45, 2.75) is 13.0 Å². The molecule has 28 heavy (non-hydrogen) atoms. The smallest absolute Gasteiger partial charge is 0.273 e. The Morgan fingerprint density at radius 1 is 1.07 bits per heavy atom. The first-order valence-corrected chi connectivity index (χ1v) is 8.63. The van der Waals surface area contributed by atoms with E-state index in [1.165, 1.54) is 0 Å². The van der Waals surface area contributed by atoms with Crippen LogP contribution in [-0.2, 0) is 4.79 Å². The summed E-state index contributed by atoms with van der Waals surface area (Å²) in [5.74, 6) is -0.762. The van der Waals surface area contributed by atoms with Crippen molar-refractivity contribution < 1.29 is 9.59 Å². The molecule has 0 fully saturated rings. The highest BCUT2D eigenvalue weighted by atomic mass is 16.2. The zero-order chi connectivity index (χ0) is 19.5. The molecule has 4 N–H and O–H groups in total. The van der Waals surface area contributed by atoms with E-state index >= 15 is 0 Å². The third-order valence-corrected chi connectivity index (χ3v) is 4.27. The molecule has 2 heterocycles. The summed E-state index contributed by atoms with van der Waals surface area (Å²) in [6, 6.07) is 13.8. The summed E-state index contributed by atoms with van der Waals surface area (Å²) >= 11 is 0. The van der Waals surface area contributed by atoms with Gasteiger partial charge in [0.2, 0.25) is 5.91 Å². The molecule has 1 atom stereocenters. The number of aromatic amines is 2. The molecule has 9 nitrogen and oxygen atoms in total. The van der Waals surface area contributed by atoms with E-state index < -0.39 is 11.9 Å². The number of aromatic nitrogens is 5. The minimum absolute atomic E-state index is 0.253. The fourth-order valence-corrected chi connectivity index (χ4v) is 2.81. The topological polar surface area (TPSA) is 128 Å². The first-order valence-electron chi connectivity index (χ1n) is 8.63. The number of hydrogen-bond donors (Lipinski definition) is 4. The molecule has 2 amide bonds. The number of carbonyl (C=O) groups is 2. The molecule has 4 rings (SSSR count). The Balaban J connectivity index is 1.44. The van der Waals surface area contributed by atoms with Gasteiger partial charge in [0.05, 0.1) is 11.7 Å². The van der Waals surface area contributed by atoms with Crippen LogP contribution < -0.4 is 10.6 Å². The lowest BCUT2D eigenvalue weighted by Crippen LogP contribution is -2.41. The number of nitrogens with zero attached hydrogens (tertiary/aromatic N) is 3. The number of benzene rings is 2. The molecule has 0 aliphatic heterocycles. The molecule has 140 valence electrons. The second-order valence-corrected chi connectivity index (χ2v) is 6.24. The first-order chi connectivity index (χ1) is 13.6. The lowest BCUT2D eigenvalue weighted by Gasteiger charge is -2.14. The number of hydrogen-bond acceptors (Lipinski definition) is 5. The lowest BCUT2D eigenvalue weighted by atomic mass is 10.1. The Kier molecular flexibility index (Phi) is 4.55. The standard InChI is InChI=1S/C19H17N7O2/c1-11(21-19(28)17-14-7-2-3-8-15(14)23-25-17)18(27)22-13-6-4-5-12(9-13)16-10-20-26-24-16/h2-11H,1H3,(H,21,28)(H,22,27)(H,23,25)(H,20,24,26). The highest BCUT2D eigenvalue weighted by molar-refractivity contribution is 6.07. The normalized spacial score (nSPS) is 11.9. The zero-order valence-electron chi connectivity index (χ0n) is 14.9. The van der Waals surface area contributed by atoms with Crippen LogP contribution in [0.25, 0.3) is 22.2 Å². The molecule has 4 aromatic rings. The van der Waals surface area contributed by atoms with Gasteiger partial charge in [0, 0.05) is 16.6 Å². The van der Waals surface area contributed by atoms with Gasteiger partial charge in [0.1, 0.15) is 11.7 Å². The fraction of sp³-hybridized carbons (Fsp3) is 0.105. The Bertz CT molecular complexity index is 1130. The summed E-state index contributed by atoms with van der Waals surface area (Å²) in [6.07, 6.45) is 1.60. The molecule has 0 spiro atoms. The van der Waals surface area contributed by atoms with Crippen LogP contribution in [0.1, 0.15) is 17.4 Å². The molecule has 0 radical (unpaired) electrons. The summed E-state index contributed by atoms with van der Waals surface area (Å²) in [7, 11) is 0.